The summed E-state index contributed by atoms with van der Waals surface area (Å²) in [7, 11) is 0. The molecular weight excluding hydrogens is 263 g/mol. The third kappa shape index (κ3) is 2.25. The molecule has 0 N–H and O–H groups in total. The number of hydrogen-bond acceptors (Lipinski definition) is 1. The van der Waals surface area contributed by atoms with Gasteiger partial charge in [-0.05, 0) is 37.0 Å². The Labute approximate surface area is 117 Å². The quantitative estimate of drug-likeness (QED) is 0.766. The van der Waals surface area contributed by atoms with Crippen LogP contribution in [-0.2, 0) is 6.42 Å². The fraction of sp³-hybridized carbons (Fsp3) is 0.533. The number of fused-ring (bicyclic) bond motifs is 1. The summed E-state index contributed by atoms with van der Waals surface area (Å²) in [5.74, 6) is 1.97. The number of hydrogen-bond donors (Lipinski definition) is 0. The van der Waals surface area contributed by atoms with Gasteiger partial charge in [-0.2, -0.15) is 0 Å². The molecule has 4 heteroatoms. The van der Waals surface area contributed by atoms with Crippen molar-refractivity contribution in [3.05, 3.63) is 29.8 Å². The Bertz CT molecular complexity index is 593. The maximum absolute atomic E-state index is 13.5. The average Bonchev–Trinajstić information content (AvgIpc) is 2.93. The lowest BCUT2D eigenvalue weighted by atomic mass is 10.1. The third-order valence-electron chi connectivity index (χ3n) is 4.19. The maximum Gasteiger partial charge on any atom is 0.125 e. The molecule has 19 heavy (non-hydrogen) atoms. The van der Waals surface area contributed by atoms with Crippen molar-refractivity contribution in [1.29, 1.82) is 0 Å². The van der Waals surface area contributed by atoms with E-state index in [0.29, 0.717) is 17.8 Å². The monoisotopic (exact) mass is 280 g/mol. The first kappa shape index (κ1) is 12.9. The Balaban J connectivity index is 2.17. The third-order valence-corrected chi connectivity index (χ3v) is 4.38. The van der Waals surface area contributed by atoms with Crippen LogP contribution in [-0.4, -0.2) is 15.4 Å². The van der Waals surface area contributed by atoms with Crippen LogP contribution in [0.25, 0.3) is 11.0 Å². The minimum absolute atomic E-state index is 0.197. The van der Waals surface area contributed by atoms with E-state index < -0.39 is 0 Å². The summed E-state index contributed by atoms with van der Waals surface area (Å²) >= 11 is 5.88. The summed E-state index contributed by atoms with van der Waals surface area (Å²) in [4.78, 5) is 4.63. The Morgan fingerprint density at radius 1 is 1.42 bits per heavy atom. The highest BCUT2D eigenvalue weighted by atomic mass is 35.5. The Morgan fingerprint density at radius 3 is 2.95 bits per heavy atom. The minimum atomic E-state index is -0.197. The fourth-order valence-electron chi connectivity index (χ4n) is 3.26. The number of benzene rings is 1. The summed E-state index contributed by atoms with van der Waals surface area (Å²) in [6, 6.07) is 5.27. The van der Waals surface area contributed by atoms with Crippen LogP contribution in [0.5, 0.6) is 0 Å². The van der Waals surface area contributed by atoms with Crippen LogP contribution in [0.3, 0.4) is 0 Å². The molecule has 0 aliphatic heterocycles. The van der Waals surface area contributed by atoms with Crippen LogP contribution >= 0.6 is 11.6 Å². The van der Waals surface area contributed by atoms with Crippen molar-refractivity contribution in [2.45, 2.75) is 38.6 Å². The first-order valence-electron chi connectivity index (χ1n) is 6.93. The van der Waals surface area contributed by atoms with Crippen molar-refractivity contribution in [3.63, 3.8) is 0 Å². The summed E-state index contributed by atoms with van der Waals surface area (Å²) in [6.45, 7) is 2.27. The molecule has 1 aliphatic rings. The number of nitrogens with zero attached hydrogens (tertiary/aromatic N) is 2. The van der Waals surface area contributed by atoms with E-state index in [1.807, 2.05) is 0 Å². The van der Waals surface area contributed by atoms with Gasteiger partial charge in [0.25, 0.3) is 0 Å². The lowest BCUT2D eigenvalue weighted by Gasteiger charge is -2.21. The number of imidazole rings is 1. The predicted molar refractivity (Wildman–Crippen MR) is 76.2 cm³/mol. The van der Waals surface area contributed by atoms with E-state index in [1.165, 1.54) is 18.9 Å². The highest BCUT2D eigenvalue weighted by molar-refractivity contribution is 6.17. The average molecular weight is 281 g/mol. The summed E-state index contributed by atoms with van der Waals surface area (Å²) < 4.78 is 15.8. The van der Waals surface area contributed by atoms with Crippen LogP contribution in [0.4, 0.5) is 4.39 Å². The lowest BCUT2D eigenvalue weighted by Crippen LogP contribution is -2.15. The molecular formula is C15H18ClFN2. The van der Waals surface area contributed by atoms with Gasteiger partial charge >= 0.3 is 0 Å². The molecule has 0 bridgehead atoms. The zero-order chi connectivity index (χ0) is 13.4. The fourth-order valence-corrected chi connectivity index (χ4v) is 3.43. The van der Waals surface area contributed by atoms with Crippen LogP contribution in [0.15, 0.2) is 18.2 Å². The SMILES string of the molecule is CC1CCCC1n1c(CCCl)nc2ccc(F)cc21. The Hall–Kier alpha value is -1.09. The second kappa shape index (κ2) is 5.12. The molecule has 2 atom stereocenters. The molecule has 2 aromatic rings. The Morgan fingerprint density at radius 2 is 2.26 bits per heavy atom. The van der Waals surface area contributed by atoms with Crippen molar-refractivity contribution < 1.29 is 4.39 Å². The van der Waals surface area contributed by atoms with E-state index in [4.69, 9.17) is 11.6 Å². The number of halogens is 2. The van der Waals surface area contributed by atoms with Crippen LogP contribution in [0, 0.1) is 11.7 Å². The molecule has 2 nitrogen and oxygen atoms in total. The van der Waals surface area contributed by atoms with Crippen molar-refractivity contribution >= 4 is 22.6 Å². The molecule has 1 aromatic carbocycles. The Kier molecular flexibility index (Phi) is 3.48. The number of rotatable bonds is 3. The topological polar surface area (TPSA) is 17.8 Å². The van der Waals surface area contributed by atoms with Crippen molar-refractivity contribution in [3.8, 4) is 0 Å². The smallest absolute Gasteiger partial charge is 0.125 e. The second-order valence-corrected chi connectivity index (χ2v) is 5.82. The van der Waals surface area contributed by atoms with E-state index >= 15 is 0 Å². The van der Waals surface area contributed by atoms with E-state index in [0.717, 1.165) is 29.7 Å². The number of alkyl halides is 1. The zero-order valence-electron chi connectivity index (χ0n) is 11.1. The van der Waals surface area contributed by atoms with Gasteiger partial charge in [0.15, 0.2) is 0 Å². The van der Waals surface area contributed by atoms with Gasteiger partial charge in [-0.25, -0.2) is 9.37 Å². The summed E-state index contributed by atoms with van der Waals surface area (Å²) in [5.41, 5.74) is 1.79. The summed E-state index contributed by atoms with van der Waals surface area (Å²) in [6.07, 6.45) is 4.36. The van der Waals surface area contributed by atoms with Gasteiger partial charge in [-0.15, -0.1) is 11.6 Å². The molecule has 0 saturated heterocycles. The van der Waals surface area contributed by atoms with Crippen molar-refractivity contribution in [2.24, 2.45) is 5.92 Å². The van der Waals surface area contributed by atoms with E-state index in [-0.39, 0.29) is 5.82 Å². The molecule has 0 spiro atoms. The van der Waals surface area contributed by atoms with Gasteiger partial charge < -0.3 is 4.57 Å². The van der Waals surface area contributed by atoms with Crippen LogP contribution < -0.4 is 0 Å². The maximum atomic E-state index is 13.5. The highest BCUT2D eigenvalue weighted by Gasteiger charge is 2.28. The van der Waals surface area contributed by atoms with E-state index in [1.54, 1.807) is 12.1 Å². The van der Waals surface area contributed by atoms with Gasteiger partial charge in [0, 0.05) is 18.3 Å². The van der Waals surface area contributed by atoms with Crippen molar-refractivity contribution in [2.75, 3.05) is 5.88 Å². The number of aryl methyl sites for hydroxylation is 1. The standard InChI is InChI=1S/C15H18ClFN2/c1-10-3-2-4-13(10)19-14-9-11(17)5-6-12(14)18-15(19)7-8-16/h5-6,9-10,13H,2-4,7-8H2,1H3. The highest BCUT2D eigenvalue weighted by Crippen LogP contribution is 2.38. The zero-order valence-corrected chi connectivity index (χ0v) is 11.8. The molecule has 102 valence electrons. The van der Waals surface area contributed by atoms with E-state index in [2.05, 4.69) is 16.5 Å². The molecule has 3 rings (SSSR count). The van der Waals surface area contributed by atoms with Gasteiger partial charge in [0.05, 0.1) is 11.0 Å². The van der Waals surface area contributed by atoms with Gasteiger partial charge in [0.2, 0.25) is 0 Å². The van der Waals surface area contributed by atoms with Crippen molar-refractivity contribution in [1.82, 2.24) is 9.55 Å². The minimum Gasteiger partial charge on any atom is -0.324 e. The number of aromatic nitrogens is 2. The van der Waals surface area contributed by atoms with Gasteiger partial charge in [-0.3, -0.25) is 0 Å². The predicted octanol–water partition coefficient (Wildman–Crippen LogP) is 4.32. The van der Waals surface area contributed by atoms with Gasteiger partial charge in [-0.1, -0.05) is 13.3 Å². The van der Waals surface area contributed by atoms with Crippen LogP contribution in [0.2, 0.25) is 0 Å². The molecule has 1 heterocycles. The first-order chi connectivity index (χ1) is 9.20. The molecule has 1 aromatic heterocycles. The molecule has 2 unspecified atom stereocenters. The molecule has 0 amide bonds. The first-order valence-corrected chi connectivity index (χ1v) is 7.46. The van der Waals surface area contributed by atoms with E-state index in [9.17, 15) is 4.39 Å². The molecule has 1 fully saturated rings. The lowest BCUT2D eigenvalue weighted by molar-refractivity contribution is 0.406. The van der Waals surface area contributed by atoms with Crippen LogP contribution in [0.1, 0.15) is 38.1 Å². The molecule has 0 radical (unpaired) electrons. The largest absolute Gasteiger partial charge is 0.324 e. The molecule has 1 saturated carbocycles. The normalized spacial score (nSPS) is 23.3. The molecule has 1 aliphatic carbocycles. The summed E-state index contributed by atoms with van der Waals surface area (Å²) in [5, 5.41) is 0. The second-order valence-electron chi connectivity index (χ2n) is 5.45. The van der Waals surface area contributed by atoms with Gasteiger partial charge in [0.1, 0.15) is 11.6 Å².